The van der Waals surface area contributed by atoms with Crippen LogP contribution in [-0.4, -0.2) is 62.7 Å². The van der Waals surface area contributed by atoms with Crippen LogP contribution in [-0.2, 0) is 0 Å². The zero-order valence-corrected chi connectivity index (χ0v) is 16.6. The third kappa shape index (κ3) is 3.76. The van der Waals surface area contributed by atoms with Crippen molar-refractivity contribution in [2.24, 2.45) is 0 Å². The summed E-state index contributed by atoms with van der Waals surface area (Å²) in [5.74, 6) is 0.725. The Morgan fingerprint density at radius 1 is 1.27 bits per heavy atom. The van der Waals surface area contributed by atoms with Crippen LogP contribution in [0, 0.1) is 6.92 Å². The molecule has 1 aromatic carbocycles. The van der Waals surface area contributed by atoms with E-state index in [1.807, 2.05) is 32.2 Å². The van der Waals surface area contributed by atoms with Crippen LogP contribution < -0.4 is 0 Å². The first kappa shape index (κ1) is 18.9. The van der Waals surface area contributed by atoms with Gasteiger partial charge in [0.25, 0.3) is 5.91 Å². The zero-order chi connectivity index (χ0) is 18.8. The Balaban J connectivity index is 1.75. The van der Waals surface area contributed by atoms with Gasteiger partial charge in [-0.15, -0.1) is 5.10 Å². The Morgan fingerprint density at radius 2 is 1.92 bits per heavy atom. The van der Waals surface area contributed by atoms with Crippen LogP contribution >= 0.6 is 11.6 Å². The highest BCUT2D eigenvalue weighted by molar-refractivity contribution is 6.32. The molecule has 0 bridgehead atoms. The Kier molecular flexibility index (Phi) is 5.63. The highest BCUT2D eigenvalue weighted by Gasteiger charge is 2.29. The number of para-hydroxylation sites is 1. The van der Waals surface area contributed by atoms with E-state index in [0.29, 0.717) is 16.9 Å². The minimum Gasteiger partial charge on any atom is -0.336 e. The molecule has 2 aromatic rings. The second kappa shape index (κ2) is 7.76. The number of aryl methyl sites for hydroxylation is 1. The summed E-state index contributed by atoms with van der Waals surface area (Å²) in [6.07, 6.45) is 1.95. The van der Waals surface area contributed by atoms with Crippen molar-refractivity contribution >= 4 is 17.5 Å². The lowest BCUT2D eigenvalue weighted by molar-refractivity contribution is 0.0604. The molecule has 0 saturated carbocycles. The fourth-order valence-electron chi connectivity index (χ4n) is 3.45. The maximum atomic E-state index is 12.9. The number of nitrogens with zero attached hydrogens (tertiary/aromatic N) is 5. The predicted molar refractivity (Wildman–Crippen MR) is 103 cm³/mol. The second-order valence-electron chi connectivity index (χ2n) is 7.12. The fourth-order valence-corrected chi connectivity index (χ4v) is 3.66. The normalized spacial score (nSPS) is 16.2. The van der Waals surface area contributed by atoms with Crippen LogP contribution in [0.25, 0.3) is 5.69 Å². The zero-order valence-electron chi connectivity index (χ0n) is 15.8. The first-order chi connectivity index (χ1) is 12.4. The minimum atomic E-state index is -0.137. The molecule has 0 radical (unpaired) electrons. The molecule has 26 heavy (non-hydrogen) atoms. The van der Waals surface area contributed by atoms with Gasteiger partial charge >= 0.3 is 0 Å². The number of rotatable bonds is 4. The highest BCUT2D eigenvalue weighted by Crippen LogP contribution is 2.22. The van der Waals surface area contributed by atoms with E-state index in [2.05, 4.69) is 28.8 Å². The molecule has 1 aromatic heterocycles. The smallest absolute Gasteiger partial charge is 0.293 e. The molecule has 0 aliphatic carbocycles. The topological polar surface area (TPSA) is 54.3 Å². The SMILES string of the molecule is Cc1nc(C(=O)N(C)C2CCN(C(C)C)CC2)nn1-c1ccccc1Cl. The van der Waals surface area contributed by atoms with Crippen LogP contribution in [0.5, 0.6) is 0 Å². The maximum absolute atomic E-state index is 12.9. The third-order valence-corrected chi connectivity index (χ3v) is 5.46. The highest BCUT2D eigenvalue weighted by atomic mass is 35.5. The summed E-state index contributed by atoms with van der Waals surface area (Å²) in [5.41, 5.74) is 0.728. The van der Waals surface area contributed by atoms with E-state index in [1.54, 1.807) is 15.6 Å². The first-order valence-electron chi connectivity index (χ1n) is 9.08. The van der Waals surface area contributed by atoms with E-state index in [9.17, 15) is 4.79 Å². The Labute approximate surface area is 159 Å². The molecule has 0 N–H and O–H groups in total. The standard InChI is InChI=1S/C19H26ClN5O/c1-13(2)24-11-9-15(10-12-24)23(4)19(26)18-21-14(3)25(22-18)17-8-6-5-7-16(17)20/h5-8,13,15H,9-12H2,1-4H3. The van der Waals surface area contributed by atoms with Gasteiger partial charge in [-0.2, -0.15) is 0 Å². The van der Waals surface area contributed by atoms with Crippen molar-refractivity contribution in [3.63, 3.8) is 0 Å². The number of amides is 1. The lowest BCUT2D eigenvalue weighted by Gasteiger charge is -2.38. The Hall–Kier alpha value is -1.92. The number of halogens is 1. The van der Waals surface area contributed by atoms with Crippen molar-refractivity contribution in [2.75, 3.05) is 20.1 Å². The summed E-state index contributed by atoms with van der Waals surface area (Å²) in [6.45, 7) is 8.28. The van der Waals surface area contributed by atoms with Crippen molar-refractivity contribution in [1.29, 1.82) is 0 Å². The van der Waals surface area contributed by atoms with Gasteiger partial charge in [0.2, 0.25) is 5.82 Å². The van der Waals surface area contributed by atoms with E-state index in [1.165, 1.54) is 0 Å². The van der Waals surface area contributed by atoms with Crippen LogP contribution in [0.15, 0.2) is 24.3 Å². The molecule has 1 saturated heterocycles. The van der Waals surface area contributed by atoms with E-state index < -0.39 is 0 Å². The van der Waals surface area contributed by atoms with Crippen LogP contribution in [0.4, 0.5) is 0 Å². The third-order valence-electron chi connectivity index (χ3n) is 5.14. The molecule has 0 unspecified atom stereocenters. The quantitative estimate of drug-likeness (QED) is 0.823. The summed E-state index contributed by atoms with van der Waals surface area (Å²) < 4.78 is 1.63. The molecule has 1 aliphatic heterocycles. The molecule has 7 heteroatoms. The maximum Gasteiger partial charge on any atom is 0.293 e. The lowest BCUT2D eigenvalue weighted by Crippen LogP contribution is -2.47. The van der Waals surface area contributed by atoms with Crippen LogP contribution in [0.1, 0.15) is 43.1 Å². The summed E-state index contributed by atoms with van der Waals surface area (Å²) in [6, 6.07) is 8.19. The summed E-state index contributed by atoms with van der Waals surface area (Å²) >= 11 is 6.25. The van der Waals surface area contributed by atoms with Gasteiger partial charge in [-0.25, -0.2) is 9.67 Å². The molecule has 2 heterocycles. The number of carbonyl (C=O) groups excluding carboxylic acids is 1. The molecule has 1 amide bonds. The first-order valence-corrected chi connectivity index (χ1v) is 9.46. The van der Waals surface area contributed by atoms with Gasteiger partial charge in [-0.05, 0) is 45.7 Å². The number of piperidine rings is 1. The largest absolute Gasteiger partial charge is 0.336 e. The van der Waals surface area contributed by atoms with Crippen molar-refractivity contribution in [1.82, 2.24) is 24.6 Å². The van der Waals surface area contributed by atoms with Gasteiger partial charge in [0.05, 0.1) is 10.7 Å². The molecule has 140 valence electrons. The summed E-state index contributed by atoms with van der Waals surface area (Å²) in [5, 5.41) is 5.00. The van der Waals surface area contributed by atoms with E-state index in [-0.39, 0.29) is 17.8 Å². The number of carbonyl (C=O) groups is 1. The van der Waals surface area contributed by atoms with Crippen molar-refractivity contribution < 1.29 is 4.79 Å². The van der Waals surface area contributed by atoms with Crippen LogP contribution in [0.3, 0.4) is 0 Å². The molecule has 3 rings (SSSR count). The minimum absolute atomic E-state index is 0.137. The number of aromatic nitrogens is 3. The van der Waals surface area contributed by atoms with Gasteiger partial charge in [0.15, 0.2) is 0 Å². The molecule has 1 aliphatic rings. The molecular weight excluding hydrogens is 350 g/mol. The van der Waals surface area contributed by atoms with Crippen molar-refractivity contribution in [2.45, 2.75) is 45.7 Å². The molecule has 6 nitrogen and oxygen atoms in total. The van der Waals surface area contributed by atoms with E-state index in [4.69, 9.17) is 11.6 Å². The lowest BCUT2D eigenvalue weighted by atomic mass is 10.0. The van der Waals surface area contributed by atoms with Gasteiger partial charge in [0, 0.05) is 32.2 Å². The average molecular weight is 376 g/mol. The average Bonchev–Trinajstić information content (AvgIpc) is 3.02. The van der Waals surface area contributed by atoms with Gasteiger partial charge in [-0.1, -0.05) is 23.7 Å². The van der Waals surface area contributed by atoms with Gasteiger partial charge in [-0.3, -0.25) is 4.79 Å². The van der Waals surface area contributed by atoms with Crippen LogP contribution in [0.2, 0.25) is 5.02 Å². The molecule has 0 spiro atoms. The number of likely N-dealkylation sites (tertiary alicyclic amines) is 1. The van der Waals surface area contributed by atoms with Crippen molar-refractivity contribution in [3.05, 3.63) is 40.9 Å². The second-order valence-corrected chi connectivity index (χ2v) is 7.53. The number of benzene rings is 1. The monoisotopic (exact) mass is 375 g/mol. The molecule has 1 fully saturated rings. The molecular formula is C19H26ClN5O. The van der Waals surface area contributed by atoms with Gasteiger partial charge < -0.3 is 9.80 Å². The predicted octanol–water partition coefficient (Wildman–Crippen LogP) is 3.17. The Bertz CT molecular complexity index is 780. The number of hydrogen-bond acceptors (Lipinski definition) is 4. The Morgan fingerprint density at radius 3 is 2.54 bits per heavy atom. The summed E-state index contributed by atoms with van der Waals surface area (Å²) in [7, 11) is 1.85. The van der Waals surface area contributed by atoms with Gasteiger partial charge in [0.1, 0.15) is 5.82 Å². The number of hydrogen-bond donors (Lipinski definition) is 0. The van der Waals surface area contributed by atoms with E-state index in [0.717, 1.165) is 31.6 Å². The molecule has 0 atom stereocenters. The fraction of sp³-hybridized carbons (Fsp3) is 0.526. The van der Waals surface area contributed by atoms with Crippen molar-refractivity contribution in [3.8, 4) is 5.69 Å². The summed E-state index contributed by atoms with van der Waals surface area (Å²) in [4.78, 5) is 21.5. The van der Waals surface area contributed by atoms with E-state index >= 15 is 0 Å².